The normalized spacial score (nSPS) is 10.1. The van der Waals surface area contributed by atoms with Crippen molar-refractivity contribution < 1.29 is 33.5 Å². The number of rotatable bonds is 9. The molecule has 0 unspecified atom stereocenters. The number of benzene rings is 2. The van der Waals surface area contributed by atoms with Crippen LogP contribution >= 0.6 is 0 Å². The van der Waals surface area contributed by atoms with Crippen molar-refractivity contribution in [2.75, 3.05) is 20.8 Å². The molecule has 0 saturated carbocycles. The van der Waals surface area contributed by atoms with Gasteiger partial charge in [0.05, 0.1) is 24.7 Å². The maximum absolute atomic E-state index is 12.2. The highest BCUT2D eigenvalue weighted by molar-refractivity contribution is 5.96. The summed E-state index contributed by atoms with van der Waals surface area (Å²) >= 11 is 0. The molecule has 0 radical (unpaired) electrons. The molecule has 0 atom stereocenters. The fraction of sp³-hybridized carbons (Fsp3) is 0.211. The standard InChI is InChI=1S/C19H19N3O8/c1-28-15-6-5-12(8-16(15)29-2)19(25)21-9-17(23)30-10-13-4-3-11(18(20)24)7-14(13)22(26)27/h3-8H,9-10H2,1-2H3,(H2,20,24)(H,21,25). The number of carbonyl (C=O) groups excluding carboxylic acids is 3. The largest absolute Gasteiger partial charge is 0.493 e. The van der Waals surface area contributed by atoms with Crippen LogP contribution in [0.2, 0.25) is 0 Å². The van der Waals surface area contributed by atoms with Gasteiger partial charge in [0.15, 0.2) is 11.5 Å². The second-order valence-corrected chi connectivity index (χ2v) is 5.88. The molecule has 11 heteroatoms. The van der Waals surface area contributed by atoms with Gasteiger partial charge >= 0.3 is 5.97 Å². The van der Waals surface area contributed by atoms with E-state index in [1.165, 1.54) is 38.5 Å². The van der Waals surface area contributed by atoms with Crippen LogP contribution in [-0.2, 0) is 16.1 Å². The topological polar surface area (TPSA) is 160 Å². The molecule has 0 aliphatic rings. The van der Waals surface area contributed by atoms with Gasteiger partial charge in [0.1, 0.15) is 13.2 Å². The molecule has 0 fully saturated rings. The second-order valence-electron chi connectivity index (χ2n) is 5.88. The van der Waals surface area contributed by atoms with E-state index >= 15 is 0 Å². The number of methoxy groups -OCH3 is 2. The molecule has 158 valence electrons. The Morgan fingerprint density at radius 1 is 1.03 bits per heavy atom. The number of esters is 1. The molecule has 3 N–H and O–H groups in total. The molecule has 0 bridgehead atoms. The Balaban J connectivity index is 1.96. The van der Waals surface area contributed by atoms with Crippen molar-refractivity contribution in [3.05, 3.63) is 63.2 Å². The number of nitrogens with one attached hydrogen (secondary N) is 1. The van der Waals surface area contributed by atoms with Crippen LogP contribution in [0.25, 0.3) is 0 Å². The van der Waals surface area contributed by atoms with Crippen LogP contribution in [-0.4, -0.2) is 43.5 Å². The summed E-state index contributed by atoms with van der Waals surface area (Å²) in [6.45, 7) is -0.874. The number of ether oxygens (including phenoxy) is 3. The minimum atomic E-state index is -0.820. The van der Waals surface area contributed by atoms with Crippen LogP contribution in [0.3, 0.4) is 0 Å². The second kappa shape index (κ2) is 9.87. The van der Waals surface area contributed by atoms with Gasteiger partial charge in [0.2, 0.25) is 5.91 Å². The van der Waals surface area contributed by atoms with E-state index in [0.717, 1.165) is 6.07 Å². The van der Waals surface area contributed by atoms with E-state index in [0.29, 0.717) is 11.5 Å². The highest BCUT2D eigenvalue weighted by Gasteiger charge is 2.18. The highest BCUT2D eigenvalue weighted by atomic mass is 16.6. The predicted molar refractivity (Wildman–Crippen MR) is 103 cm³/mol. The fourth-order valence-electron chi connectivity index (χ4n) is 2.45. The number of nitro groups is 1. The maximum Gasteiger partial charge on any atom is 0.325 e. The summed E-state index contributed by atoms with van der Waals surface area (Å²) < 4.78 is 15.2. The molecule has 0 saturated heterocycles. The van der Waals surface area contributed by atoms with Crippen molar-refractivity contribution in [3.63, 3.8) is 0 Å². The lowest BCUT2D eigenvalue weighted by Crippen LogP contribution is -2.30. The maximum atomic E-state index is 12.2. The zero-order valence-electron chi connectivity index (χ0n) is 16.2. The van der Waals surface area contributed by atoms with Crippen molar-refractivity contribution in [2.45, 2.75) is 6.61 Å². The summed E-state index contributed by atoms with van der Waals surface area (Å²) in [4.78, 5) is 45.7. The van der Waals surface area contributed by atoms with Crippen molar-refractivity contribution in [1.82, 2.24) is 5.32 Å². The molecule has 11 nitrogen and oxygen atoms in total. The fourth-order valence-corrected chi connectivity index (χ4v) is 2.45. The van der Waals surface area contributed by atoms with Crippen LogP contribution < -0.4 is 20.5 Å². The molecule has 2 amide bonds. The lowest BCUT2D eigenvalue weighted by atomic mass is 10.1. The first-order chi connectivity index (χ1) is 14.3. The van der Waals surface area contributed by atoms with Crippen molar-refractivity contribution in [3.8, 4) is 11.5 Å². The van der Waals surface area contributed by atoms with Gasteiger partial charge in [-0.3, -0.25) is 24.5 Å². The van der Waals surface area contributed by atoms with Gasteiger partial charge in [0, 0.05) is 17.2 Å². The third kappa shape index (κ3) is 5.44. The van der Waals surface area contributed by atoms with Crippen molar-refractivity contribution in [2.24, 2.45) is 5.73 Å². The number of nitrogens with two attached hydrogens (primary N) is 1. The molecular weight excluding hydrogens is 398 g/mol. The molecule has 30 heavy (non-hydrogen) atoms. The lowest BCUT2D eigenvalue weighted by Gasteiger charge is -2.10. The van der Waals surface area contributed by atoms with Crippen molar-refractivity contribution >= 4 is 23.5 Å². The summed E-state index contributed by atoms with van der Waals surface area (Å²) in [7, 11) is 2.88. The first-order valence-electron chi connectivity index (χ1n) is 8.49. The number of nitrogens with zero attached hydrogens (tertiary/aromatic N) is 1. The smallest absolute Gasteiger partial charge is 0.325 e. The minimum Gasteiger partial charge on any atom is -0.493 e. The highest BCUT2D eigenvalue weighted by Crippen LogP contribution is 2.27. The number of carbonyl (C=O) groups is 3. The van der Waals surface area contributed by atoms with Gasteiger partial charge in [-0.1, -0.05) is 0 Å². The average molecular weight is 417 g/mol. The van der Waals surface area contributed by atoms with Crippen LogP contribution in [0, 0.1) is 10.1 Å². The van der Waals surface area contributed by atoms with E-state index in [9.17, 15) is 24.5 Å². The van der Waals surface area contributed by atoms with Gasteiger partial charge in [-0.2, -0.15) is 0 Å². The zero-order chi connectivity index (χ0) is 22.3. The van der Waals surface area contributed by atoms with E-state index in [4.69, 9.17) is 19.9 Å². The van der Waals surface area contributed by atoms with Gasteiger partial charge < -0.3 is 25.3 Å². The molecule has 0 heterocycles. The summed E-state index contributed by atoms with van der Waals surface area (Å²) in [5.74, 6) is -1.39. The molecule has 2 rings (SSSR count). The van der Waals surface area contributed by atoms with E-state index in [1.807, 2.05) is 0 Å². The molecule has 0 aliphatic heterocycles. The molecule has 2 aromatic carbocycles. The minimum absolute atomic E-state index is 0.0426. The summed E-state index contributed by atoms with van der Waals surface area (Å²) in [6.07, 6.45) is 0. The molecule has 0 aromatic heterocycles. The van der Waals surface area contributed by atoms with E-state index in [2.05, 4.69) is 5.32 Å². The van der Waals surface area contributed by atoms with Gasteiger partial charge in [0.25, 0.3) is 11.6 Å². The summed E-state index contributed by atoms with van der Waals surface area (Å²) in [5, 5.41) is 13.5. The average Bonchev–Trinajstić information content (AvgIpc) is 2.74. The number of nitro benzene ring substituents is 1. The molecule has 0 spiro atoms. The third-order valence-electron chi connectivity index (χ3n) is 3.99. The molecular formula is C19H19N3O8. The summed E-state index contributed by atoms with van der Waals surface area (Å²) in [5.41, 5.74) is 4.96. The van der Waals surface area contributed by atoms with Gasteiger partial charge in [-0.25, -0.2) is 0 Å². The summed E-state index contributed by atoms with van der Waals surface area (Å²) in [6, 6.07) is 8.05. The Kier molecular flexibility index (Phi) is 7.28. The van der Waals surface area contributed by atoms with E-state index < -0.39 is 41.5 Å². The molecule has 2 aromatic rings. The lowest BCUT2D eigenvalue weighted by molar-refractivity contribution is -0.385. The van der Waals surface area contributed by atoms with Gasteiger partial charge in [-0.15, -0.1) is 0 Å². The Bertz CT molecular complexity index is 990. The predicted octanol–water partition coefficient (Wildman–Crippen LogP) is 1.18. The van der Waals surface area contributed by atoms with E-state index in [-0.39, 0.29) is 16.7 Å². The van der Waals surface area contributed by atoms with Crippen molar-refractivity contribution in [1.29, 1.82) is 0 Å². The number of primary amides is 1. The Hall–Kier alpha value is -4.15. The SMILES string of the molecule is COc1ccc(C(=O)NCC(=O)OCc2ccc(C(N)=O)cc2[N+](=O)[O-])cc1OC. The third-order valence-corrected chi connectivity index (χ3v) is 3.99. The molecule has 0 aliphatic carbocycles. The van der Waals surface area contributed by atoms with Crippen LogP contribution in [0.15, 0.2) is 36.4 Å². The Morgan fingerprint density at radius 2 is 1.70 bits per heavy atom. The van der Waals surface area contributed by atoms with E-state index in [1.54, 1.807) is 6.07 Å². The first kappa shape index (κ1) is 22.1. The van der Waals surface area contributed by atoms with Gasteiger partial charge in [-0.05, 0) is 30.3 Å². The number of hydrogen-bond donors (Lipinski definition) is 2. The Labute approximate surface area is 170 Å². The monoisotopic (exact) mass is 417 g/mol. The van der Waals surface area contributed by atoms with Crippen LogP contribution in [0.1, 0.15) is 26.3 Å². The Morgan fingerprint density at radius 3 is 2.30 bits per heavy atom. The van der Waals surface area contributed by atoms with Crippen LogP contribution in [0.5, 0.6) is 11.5 Å². The quantitative estimate of drug-likeness (QED) is 0.349. The number of amides is 2. The van der Waals surface area contributed by atoms with Crippen LogP contribution in [0.4, 0.5) is 5.69 Å². The number of hydrogen-bond acceptors (Lipinski definition) is 8. The first-order valence-corrected chi connectivity index (χ1v) is 8.49. The zero-order valence-corrected chi connectivity index (χ0v) is 16.2.